The summed E-state index contributed by atoms with van der Waals surface area (Å²) in [6.45, 7) is 2.67. The first-order valence-corrected chi connectivity index (χ1v) is 12.8. The van der Waals surface area contributed by atoms with E-state index < -0.39 is 6.04 Å². The van der Waals surface area contributed by atoms with Crippen molar-refractivity contribution in [3.8, 4) is 11.5 Å². The third kappa shape index (κ3) is 7.26. The van der Waals surface area contributed by atoms with E-state index in [2.05, 4.69) is 17.2 Å². The van der Waals surface area contributed by atoms with Crippen molar-refractivity contribution in [3.63, 3.8) is 0 Å². The van der Waals surface area contributed by atoms with E-state index in [-0.39, 0.29) is 11.8 Å². The summed E-state index contributed by atoms with van der Waals surface area (Å²) in [5, 5.41) is 4.10. The Bertz CT molecular complexity index is 1140. The lowest BCUT2D eigenvalue weighted by molar-refractivity contribution is -0.135. The number of amides is 2. The van der Waals surface area contributed by atoms with E-state index in [0.717, 1.165) is 47.7 Å². The number of benzene rings is 2. The first-order valence-electron chi connectivity index (χ1n) is 12.8. The molecule has 0 aliphatic heterocycles. The lowest BCUT2D eigenvalue weighted by Gasteiger charge is -2.25. The first kappa shape index (κ1) is 27.1. The molecule has 1 atom stereocenters. The van der Waals surface area contributed by atoms with Crippen LogP contribution in [0.15, 0.2) is 48.7 Å². The van der Waals surface area contributed by atoms with Gasteiger partial charge in [-0.2, -0.15) is 0 Å². The number of hydrogen-bond acceptors (Lipinski definition) is 4. The molecule has 7 heteroatoms. The van der Waals surface area contributed by atoms with Crippen LogP contribution in [0.5, 0.6) is 11.5 Å². The van der Waals surface area contributed by atoms with E-state index in [1.807, 2.05) is 48.7 Å². The number of H-pyrrole nitrogens is 1. The highest BCUT2D eigenvalue weighted by molar-refractivity contribution is 5.89. The normalized spacial score (nSPS) is 11.8. The van der Waals surface area contributed by atoms with Gasteiger partial charge >= 0.3 is 0 Å². The van der Waals surface area contributed by atoms with Crippen LogP contribution in [0.25, 0.3) is 10.9 Å². The maximum absolute atomic E-state index is 13.5. The van der Waals surface area contributed by atoms with E-state index in [1.165, 1.54) is 0 Å². The molecule has 0 saturated carbocycles. The van der Waals surface area contributed by atoms with Crippen molar-refractivity contribution in [2.75, 3.05) is 27.8 Å². The van der Waals surface area contributed by atoms with Crippen LogP contribution < -0.4 is 14.8 Å². The van der Waals surface area contributed by atoms with Crippen LogP contribution in [0.1, 0.15) is 50.2 Å². The molecule has 3 rings (SSSR count). The van der Waals surface area contributed by atoms with Gasteiger partial charge in [-0.15, -0.1) is 0 Å². The fourth-order valence-corrected chi connectivity index (χ4v) is 4.41. The Morgan fingerprint density at radius 3 is 2.56 bits per heavy atom. The molecule has 0 bridgehead atoms. The molecule has 2 aromatic carbocycles. The molecular weight excluding hydrogens is 454 g/mol. The number of aromatic amines is 1. The summed E-state index contributed by atoms with van der Waals surface area (Å²) in [6.07, 6.45) is 7.56. The number of para-hydroxylation sites is 1. The van der Waals surface area contributed by atoms with Crippen molar-refractivity contribution in [2.45, 2.75) is 57.9 Å². The highest BCUT2D eigenvalue weighted by Gasteiger charge is 2.25. The quantitative estimate of drug-likeness (QED) is 0.314. The van der Waals surface area contributed by atoms with Gasteiger partial charge in [0.15, 0.2) is 11.5 Å². The van der Waals surface area contributed by atoms with Gasteiger partial charge in [-0.1, -0.05) is 50.5 Å². The van der Waals surface area contributed by atoms with E-state index in [0.29, 0.717) is 37.3 Å². The van der Waals surface area contributed by atoms with Crippen molar-refractivity contribution in [1.29, 1.82) is 0 Å². The van der Waals surface area contributed by atoms with Gasteiger partial charge in [0, 0.05) is 43.5 Å². The maximum Gasteiger partial charge on any atom is 0.245 e. The summed E-state index contributed by atoms with van der Waals surface area (Å²) >= 11 is 0. The fourth-order valence-electron chi connectivity index (χ4n) is 4.41. The number of fused-ring (bicyclic) bond motifs is 1. The molecule has 0 aliphatic carbocycles. The summed E-state index contributed by atoms with van der Waals surface area (Å²) in [7, 11) is 5.01. The largest absolute Gasteiger partial charge is 0.493 e. The lowest BCUT2D eigenvalue weighted by Crippen LogP contribution is -2.49. The zero-order valence-electron chi connectivity index (χ0n) is 21.9. The van der Waals surface area contributed by atoms with Crippen LogP contribution in [0.4, 0.5) is 0 Å². The Balaban J connectivity index is 1.69. The molecule has 0 fully saturated rings. The van der Waals surface area contributed by atoms with Crippen molar-refractivity contribution >= 4 is 22.7 Å². The SMILES string of the molecule is CCCCCCC(=O)NC(Cc1c[nH]c2ccccc12)C(=O)N(C)CCc1ccc(OC)c(OC)c1. The molecule has 1 heterocycles. The van der Waals surface area contributed by atoms with E-state index in [4.69, 9.17) is 9.47 Å². The Morgan fingerprint density at radius 2 is 1.81 bits per heavy atom. The van der Waals surface area contributed by atoms with Gasteiger partial charge in [-0.25, -0.2) is 0 Å². The maximum atomic E-state index is 13.5. The molecule has 0 saturated heterocycles. The molecule has 36 heavy (non-hydrogen) atoms. The Labute approximate surface area is 214 Å². The van der Waals surface area contributed by atoms with Gasteiger partial charge in [-0.3, -0.25) is 9.59 Å². The molecule has 2 amide bonds. The third-order valence-electron chi connectivity index (χ3n) is 6.55. The van der Waals surface area contributed by atoms with Crippen LogP contribution >= 0.6 is 0 Å². The summed E-state index contributed by atoms with van der Waals surface area (Å²) in [4.78, 5) is 31.2. The number of nitrogens with one attached hydrogen (secondary N) is 2. The fraction of sp³-hybridized carbons (Fsp3) is 0.448. The van der Waals surface area contributed by atoms with Gasteiger partial charge in [0.1, 0.15) is 6.04 Å². The molecule has 0 aliphatic rings. The summed E-state index contributed by atoms with van der Waals surface area (Å²) in [5.41, 5.74) is 3.08. The van der Waals surface area contributed by atoms with E-state index in [9.17, 15) is 9.59 Å². The van der Waals surface area contributed by atoms with Gasteiger partial charge in [0.2, 0.25) is 11.8 Å². The number of carbonyl (C=O) groups excluding carboxylic acids is 2. The minimum absolute atomic E-state index is 0.0717. The van der Waals surface area contributed by atoms with Crippen LogP contribution in [-0.4, -0.2) is 55.6 Å². The third-order valence-corrected chi connectivity index (χ3v) is 6.55. The average Bonchev–Trinajstić information content (AvgIpc) is 3.31. The molecule has 2 N–H and O–H groups in total. The number of likely N-dealkylation sites (N-methyl/N-ethyl adjacent to an activating group) is 1. The molecule has 3 aromatic rings. The highest BCUT2D eigenvalue weighted by Crippen LogP contribution is 2.27. The number of hydrogen-bond donors (Lipinski definition) is 2. The Hall–Kier alpha value is -3.48. The predicted octanol–water partition coefficient (Wildman–Crippen LogP) is 4.88. The monoisotopic (exact) mass is 493 g/mol. The average molecular weight is 494 g/mol. The summed E-state index contributed by atoms with van der Waals surface area (Å²) < 4.78 is 10.7. The van der Waals surface area contributed by atoms with Crippen LogP contribution in [0.3, 0.4) is 0 Å². The minimum atomic E-state index is -0.627. The van der Waals surface area contributed by atoms with Crippen LogP contribution in [-0.2, 0) is 22.4 Å². The Kier molecular flexibility index (Phi) is 10.2. The molecule has 1 aromatic heterocycles. The van der Waals surface area contributed by atoms with Crippen molar-refractivity contribution in [2.24, 2.45) is 0 Å². The lowest BCUT2D eigenvalue weighted by atomic mass is 10.0. The van der Waals surface area contributed by atoms with Gasteiger partial charge < -0.3 is 24.7 Å². The zero-order valence-corrected chi connectivity index (χ0v) is 21.9. The molecule has 7 nitrogen and oxygen atoms in total. The van der Waals surface area contributed by atoms with Gasteiger partial charge in [0.05, 0.1) is 14.2 Å². The molecular formula is C29H39N3O4. The van der Waals surface area contributed by atoms with Gasteiger partial charge in [-0.05, 0) is 42.2 Å². The number of methoxy groups -OCH3 is 2. The van der Waals surface area contributed by atoms with Crippen molar-refractivity contribution in [3.05, 3.63) is 59.8 Å². The van der Waals surface area contributed by atoms with Crippen LogP contribution in [0.2, 0.25) is 0 Å². The standard InChI is InChI=1S/C29H39N3O4/c1-5-6-7-8-13-28(33)31-25(19-22-20-30-24-12-10-9-11-23(22)24)29(34)32(2)17-16-21-14-15-26(35-3)27(18-21)36-4/h9-12,14-15,18,20,25,30H,5-8,13,16-17,19H2,1-4H3,(H,31,33). The number of unbranched alkanes of at least 4 members (excludes halogenated alkanes) is 3. The Morgan fingerprint density at radius 1 is 1.03 bits per heavy atom. The summed E-state index contributed by atoms with van der Waals surface area (Å²) in [5.74, 6) is 1.17. The van der Waals surface area contributed by atoms with E-state index in [1.54, 1.807) is 26.2 Å². The molecule has 0 radical (unpaired) electrons. The smallest absolute Gasteiger partial charge is 0.245 e. The molecule has 0 spiro atoms. The number of nitrogens with zero attached hydrogens (tertiary/aromatic N) is 1. The second kappa shape index (κ2) is 13.6. The van der Waals surface area contributed by atoms with Crippen LogP contribution in [0, 0.1) is 0 Å². The van der Waals surface area contributed by atoms with Crippen molar-refractivity contribution < 1.29 is 19.1 Å². The van der Waals surface area contributed by atoms with E-state index >= 15 is 0 Å². The zero-order chi connectivity index (χ0) is 25.9. The molecule has 194 valence electrons. The number of rotatable bonds is 14. The van der Waals surface area contributed by atoms with Crippen molar-refractivity contribution in [1.82, 2.24) is 15.2 Å². The second-order valence-corrected chi connectivity index (χ2v) is 9.19. The van der Waals surface area contributed by atoms with Gasteiger partial charge in [0.25, 0.3) is 0 Å². The topological polar surface area (TPSA) is 83.7 Å². The summed E-state index contributed by atoms with van der Waals surface area (Å²) in [6, 6.07) is 13.2. The highest BCUT2D eigenvalue weighted by atomic mass is 16.5. The number of ether oxygens (including phenoxy) is 2. The predicted molar refractivity (Wildman–Crippen MR) is 144 cm³/mol. The number of carbonyl (C=O) groups is 2. The minimum Gasteiger partial charge on any atom is -0.493 e. The second-order valence-electron chi connectivity index (χ2n) is 9.19. The number of aromatic nitrogens is 1. The first-order chi connectivity index (χ1) is 17.5. The molecule has 1 unspecified atom stereocenters.